The molecule has 0 saturated heterocycles. The molecule has 7 heteroatoms. The molecule has 1 aromatic heterocycles. The first-order valence-electron chi connectivity index (χ1n) is 6.09. The number of rotatable bonds is 3. The lowest BCUT2D eigenvalue weighted by molar-refractivity contribution is -0.384. The van der Waals surface area contributed by atoms with Crippen LogP contribution in [0.15, 0.2) is 18.2 Å². The first-order valence-corrected chi connectivity index (χ1v) is 6.91. The standard InChI is InChI=1S/C14H14N2O4S/c1-7-6-9(16(18)19)4-5-10(7)12-8(2)11(15)13(21-12)14(17)20-3/h4-6H,15H2,1-3H3. The van der Waals surface area contributed by atoms with Crippen molar-refractivity contribution in [3.05, 3.63) is 44.3 Å². The van der Waals surface area contributed by atoms with E-state index in [1.54, 1.807) is 13.0 Å². The maximum atomic E-state index is 11.7. The van der Waals surface area contributed by atoms with E-state index in [1.807, 2.05) is 6.92 Å². The zero-order valence-electron chi connectivity index (χ0n) is 11.8. The van der Waals surface area contributed by atoms with Crippen LogP contribution in [0.4, 0.5) is 11.4 Å². The van der Waals surface area contributed by atoms with Gasteiger partial charge in [0.25, 0.3) is 5.69 Å². The molecule has 0 saturated carbocycles. The van der Waals surface area contributed by atoms with Crippen LogP contribution in [-0.2, 0) is 4.74 Å². The zero-order chi connectivity index (χ0) is 15.7. The molecule has 0 amide bonds. The van der Waals surface area contributed by atoms with Crippen LogP contribution >= 0.6 is 11.3 Å². The van der Waals surface area contributed by atoms with Crippen LogP contribution in [-0.4, -0.2) is 18.0 Å². The number of ether oxygens (including phenoxy) is 1. The summed E-state index contributed by atoms with van der Waals surface area (Å²) in [5.41, 5.74) is 8.72. The van der Waals surface area contributed by atoms with Gasteiger partial charge in [-0.1, -0.05) is 0 Å². The SMILES string of the molecule is COC(=O)c1sc(-c2ccc([N+](=O)[O-])cc2C)c(C)c1N. The van der Waals surface area contributed by atoms with Gasteiger partial charge in [-0.2, -0.15) is 0 Å². The van der Waals surface area contributed by atoms with E-state index in [-0.39, 0.29) is 5.69 Å². The molecule has 110 valence electrons. The van der Waals surface area contributed by atoms with Crippen LogP contribution in [0.1, 0.15) is 20.8 Å². The predicted octanol–water partition coefficient (Wildman–Crippen LogP) is 3.31. The number of methoxy groups -OCH3 is 1. The molecule has 2 rings (SSSR count). The van der Waals surface area contributed by atoms with E-state index in [4.69, 9.17) is 10.5 Å². The van der Waals surface area contributed by atoms with Crippen LogP contribution in [0.2, 0.25) is 0 Å². The smallest absolute Gasteiger partial charge is 0.350 e. The molecule has 0 atom stereocenters. The molecule has 0 spiro atoms. The van der Waals surface area contributed by atoms with Gasteiger partial charge in [-0.25, -0.2) is 4.79 Å². The van der Waals surface area contributed by atoms with Crippen molar-refractivity contribution in [1.82, 2.24) is 0 Å². The van der Waals surface area contributed by atoms with Crippen LogP contribution in [0.5, 0.6) is 0 Å². The number of carbonyl (C=O) groups is 1. The summed E-state index contributed by atoms with van der Waals surface area (Å²) < 4.78 is 4.70. The quantitative estimate of drug-likeness (QED) is 0.533. The van der Waals surface area contributed by atoms with Crippen molar-refractivity contribution in [3.63, 3.8) is 0 Å². The lowest BCUT2D eigenvalue weighted by Crippen LogP contribution is -2.01. The Kier molecular flexibility index (Phi) is 3.95. The molecule has 21 heavy (non-hydrogen) atoms. The van der Waals surface area contributed by atoms with Gasteiger partial charge >= 0.3 is 5.97 Å². The average Bonchev–Trinajstić information content (AvgIpc) is 2.74. The zero-order valence-corrected chi connectivity index (χ0v) is 12.6. The van der Waals surface area contributed by atoms with Crippen molar-refractivity contribution in [1.29, 1.82) is 0 Å². The largest absolute Gasteiger partial charge is 0.465 e. The number of esters is 1. The highest BCUT2D eigenvalue weighted by atomic mass is 32.1. The molecule has 2 N–H and O–H groups in total. The normalized spacial score (nSPS) is 10.4. The maximum Gasteiger partial charge on any atom is 0.350 e. The minimum atomic E-state index is -0.480. The van der Waals surface area contributed by atoms with Gasteiger partial charge in [0.2, 0.25) is 0 Å². The number of nitrogen functional groups attached to an aromatic ring is 1. The van der Waals surface area contributed by atoms with Gasteiger partial charge in [-0.05, 0) is 36.6 Å². The van der Waals surface area contributed by atoms with Gasteiger partial charge in [0, 0.05) is 17.0 Å². The summed E-state index contributed by atoms with van der Waals surface area (Å²) in [5.74, 6) is -0.480. The predicted molar refractivity (Wildman–Crippen MR) is 81.6 cm³/mol. The summed E-state index contributed by atoms with van der Waals surface area (Å²) in [5, 5.41) is 10.8. The monoisotopic (exact) mass is 306 g/mol. The fourth-order valence-corrected chi connectivity index (χ4v) is 3.28. The Balaban J connectivity index is 2.57. The summed E-state index contributed by atoms with van der Waals surface area (Å²) in [6.45, 7) is 3.60. The molecule has 1 heterocycles. The van der Waals surface area contributed by atoms with Gasteiger partial charge in [-0.3, -0.25) is 10.1 Å². The second kappa shape index (κ2) is 5.53. The number of thiophene rings is 1. The van der Waals surface area contributed by atoms with Crippen molar-refractivity contribution >= 4 is 28.7 Å². The summed E-state index contributed by atoms with van der Waals surface area (Å²) >= 11 is 1.23. The van der Waals surface area contributed by atoms with E-state index < -0.39 is 10.9 Å². The number of non-ortho nitro benzene ring substituents is 1. The topological polar surface area (TPSA) is 95.5 Å². The summed E-state index contributed by atoms with van der Waals surface area (Å²) in [7, 11) is 1.30. The minimum absolute atomic E-state index is 0.0339. The lowest BCUT2D eigenvalue weighted by Gasteiger charge is -2.04. The Hall–Kier alpha value is -2.41. The lowest BCUT2D eigenvalue weighted by atomic mass is 10.0. The number of hydrogen-bond acceptors (Lipinski definition) is 6. The van der Waals surface area contributed by atoms with Crippen LogP contribution in [0.25, 0.3) is 10.4 Å². The number of aryl methyl sites for hydroxylation is 1. The van der Waals surface area contributed by atoms with E-state index in [2.05, 4.69) is 0 Å². The molecule has 0 aliphatic heterocycles. The van der Waals surface area contributed by atoms with Crippen LogP contribution < -0.4 is 5.73 Å². The molecule has 0 radical (unpaired) electrons. The number of nitro benzene ring substituents is 1. The Bertz CT molecular complexity index is 737. The first kappa shape index (κ1) is 15.0. The molecule has 0 aliphatic carbocycles. The third-order valence-corrected chi connectivity index (χ3v) is 4.55. The molecule has 0 aliphatic rings. The number of hydrogen-bond donors (Lipinski definition) is 1. The number of nitro groups is 1. The first-order chi connectivity index (χ1) is 9.86. The van der Waals surface area contributed by atoms with Gasteiger partial charge in [0.1, 0.15) is 4.88 Å². The fraction of sp³-hybridized carbons (Fsp3) is 0.214. The van der Waals surface area contributed by atoms with Crippen molar-refractivity contribution in [3.8, 4) is 10.4 Å². The van der Waals surface area contributed by atoms with Crippen molar-refractivity contribution < 1.29 is 14.5 Å². The Morgan fingerprint density at radius 3 is 2.57 bits per heavy atom. The minimum Gasteiger partial charge on any atom is -0.465 e. The van der Waals surface area contributed by atoms with Crippen molar-refractivity contribution in [2.24, 2.45) is 0 Å². The fourth-order valence-electron chi connectivity index (χ4n) is 2.04. The van der Waals surface area contributed by atoms with Crippen molar-refractivity contribution in [2.75, 3.05) is 12.8 Å². The summed E-state index contributed by atoms with van der Waals surface area (Å²) in [6, 6.07) is 4.62. The third-order valence-electron chi connectivity index (χ3n) is 3.23. The molecular weight excluding hydrogens is 292 g/mol. The van der Waals surface area contributed by atoms with E-state index in [1.165, 1.54) is 30.6 Å². The molecule has 2 aromatic rings. The molecule has 0 bridgehead atoms. The Morgan fingerprint density at radius 1 is 1.38 bits per heavy atom. The molecule has 0 fully saturated rings. The number of benzene rings is 1. The number of carbonyl (C=O) groups excluding carboxylic acids is 1. The van der Waals surface area contributed by atoms with E-state index in [0.717, 1.165) is 21.6 Å². The molecular formula is C14H14N2O4S. The van der Waals surface area contributed by atoms with Crippen LogP contribution in [0.3, 0.4) is 0 Å². The van der Waals surface area contributed by atoms with Gasteiger partial charge in [-0.15, -0.1) is 11.3 Å². The summed E-state index contributed by atoms with van der Waals surface area (Å²) in [4.78, 5) is 23.2. The molecule has 6 nitrogen and oxygen atoms in total. The average molecular weight is 306 g/mol. The number of anilines is 1. The molecule has 1 aromatic carbocycles. The van der Waals surface area contributed by atoms with Crippen molar-refractivity contribution in [2.45, 2.75) is 13.8 Å². The second-order valence-electron chi connectivity index (χ2n) is 4.55. The maximum absolute atomic E-state index is 11.7. The Morgan fingerprint density at radius 2 is 2.05 bits per heavy atom. The van der Waals surface area contributed by atoms with E-state index in [9.17, 15) is 14.9 Å². The van der Waals surface area contributed by atoms with Gasteiger partial charge < -0.3 is 10.5 Å². The van der Waals surface area contributed by atoms with E-state index >= 15 is 0 Å². The van der Waals surface area contributed by atoms with Gasteiger partial charge in [0.05, 0.1) is 17.7 Å². The number of nitrogens with two attached hydrogens (primary N) is 1. The van der Waals surface area contributed by atoms with Crippen LogP contribution in [0, 0.1) is 24.0 Å². The number of nitrogens with zero attached hydrogens (tertiary/aromatic N) is 1. The Labute approximate surface area is 125 Å². The third kappa shape index (κ3) is 2.59. The highest BCUT2D eigenvalue weighted by Crippen LogP contribution is 2.40. The summed E-state index contributed by atoms with van der Waals surface area (Å²) in [6.07, 6.45) is 0. The highest BCUT2D eigenvalue weighted by Gasteiger charge is 2.21. The van der Waals surface area contributed by atoms with E-state index in [0.29, 0.717) is 10.6 Å². The highest BCUT2D eigenvalue weighted by molar-refractivity contribution is 7.18. The van der Waals surface area contributed by atoms with Gasteiger partial charge in [0.15, 0.2) is 0 Å². The second-order valence-corrected chi connectivity index (χ2v) is 5.57. The molecule has 0 unspecified atom stereocenters.